The van der Waals surface area contributed by atoms with Crippen LogP contribution in [0.1, 0.15) is 36.1 Å². The molecule has 0 aliphatic carbocycles. The number of carbonyl (C=O) groups excluding carboxylic acids is 1. The second kappa shape index (κ2) is 6.96. The fraction of sp³-hybridized carbons (Fsp3) is 0.526. The number of nitrogens with zero attached hydrogens (tertiary/aromatic N) is 5. The van der Waals surface area contributed by atoms with E-state index >= 15 is 0 Å². The van der Waals surface area contributed by atoms with Crippen molar-refractivity contribution < 1.29 is 4.79 Å². The first-order valence-electron chi connectivity index (χ1n) is 9.16. The lowest BCUT2D eigenvalue weighted by Crippen LogP contribution is -2.35. The molecule has 0 N–H and O–H groups in total. The fourth-order valence-electron chi connectivity index (χ4n) is 3.96. The third kappa shape index (κ3) is 3.31. The van der Waals surface area contributed by atoms with Crippen molar-refractivity contribution in [2.75, 3.05) is 26.7 Å². The second-order valence-electron chi connectivity index (χ2n) is 7.06. The molecule has 1 fully saturated rings. The van der Waals surface area contributed by atoms with E-state index in [1.54, 1.807) is 0 Å². The molecule has 0 unspecified atom stereocenters. The van der Waals surface area contributed by atoms with Gasteiger partial charge in [0, 0.05) is 26.1 Å². The van der Waals surface area contributed by atoms with E-state index in [2.05, 4.69) is 26.7 Å². The summed E-state index contributed by atoms with van der Waals surface area (Å²) in [5, 5.41) is 8.90. The summed E-state index contributed by atoms with van der Waals surface area (Å²) in [6.07, 6.45) is 3.61. The Morgan fingerprint density at radius 2 is 1.96 bits per heavy atom. The minimum absolute atomic E-state index is 0.199. The lowest BCUT2D eigenvalue weighted by molar-refractivity contribution is -0.130. The van der Waals surface area contributed by atoms with Gasteiger partial charge in [0.15, 0.2) is 0 Å². The molecule has 25 heavy (non-hydrogen) atoms. The van der Waals surface area contributed by atoms with Gasteiger partial charge in [-0.05, 0) is 32.0 Å². The van der Waals surface area contributed by atoms with Gasteiger partial charge in [-0.15, -0.1) is 10.2 Å². The highest BCUT2D eigenvalue weighted by Crippen LogP contribution is 2.30. The SMILES string of the molecule is CN1CCC[C@@H]1c1nnc2n1CCN(C(=O)Cc1ccccc1)CC2. The number of aromatic nitrogens is 3. The molecule has 2 aliphatic heterocycles. The van der Waals surface area contributed by atoms with Crippen molar-refractivity contribution in [2.45, 2.75) is 38.3 Å². The number of likely N-dealkylation sites (tertiary alicyclic amines) is 1. The average molecular weight is 339 g/mol. The van der Waals surface area contributed by atoms with Crippen LogP contribution in [0.3, 0.4) is 0 Å². The minimum Gasteiger partial charge on any atom is -0.340 e. The number of hydrogen-bond donors (Lipinski definition) is 0. The number of amides is 1. The predicted molar refractivity (Wildman–Crippen MR) is 95.1 cm³/mol. The summed E-state index contributed by atoms with van der Waals surface area (Å²) in [4.78, 5) is 17.0. The summed E-state index contributed by atoms with van der Waals surface area (Å²) in [6.45, 7) is 3.38. The van der Waals surface area contributed by atoms with Gasteiger partial charge in [0.2, 0.25) is 5.91 Å². The van der Waals surface area contributed by atoms with Crippen LogP contribution in [0.2, 0.25) is 0 Å². The molecule has 6 nitrogen and oxygen atoms in total. The molecule has 1 aromatic carbocycles. The van der Waals surface area contributed by atoms with E-state index in [1.807, 2.05) is 35.2 Å². The Morgan fingerprint density at radius 1 is 1.12 bits per heavy atom. The van der Waals surface area contributed by atoms with Crippen LogP contribution in [0, 0.1) is 0 Å². The van der Waals surface area contributed by atoms with Gasteiger partial charge in [-0.2, -0.15) is 0 Å². The molecule has 4 rings (SSSR count). The van der Waals surface area contributed by atoms with E-state index in [0.717, 1.165) is 56.2 Å². The lowest BCUT2D eigenvalue weighted by atomic mass is 10.1. The molecule has 0 radical (unpaired) electrons. The average Bonchev–Trinajstić information content (AvgIpc) is 3.15. The summed E-state index contributed by atoms with van der Waals surface area (Å²) in [6, 6.07) is 10.3. The first-order chi connectivity index (χ1) is 12.2. The maximum Gasteiger partial charge on any atom is 0.227 e. The number of rotatable bonds is 3. The smallest absolute Gasteiger partial charge is 0.227 e. The summed E-state index contributed by atoms with van der Waals surface area (Å²) >= 11 is 0. The van der Waals surface area contributed by atoms with Crippen LogP contribution < -0.4 is 0 Å². The topological polar surface area (TPSA) is 54.3 Å². The molecule has 0 saturated carbocycles. The highest BCUT2D eigenvalue weighted by Gasteiger charge is 2.30. The summed E-state index contributed by atoms with van der Waals surface area (Å²) in [5.41, 5.74) is 1.07. The summed E-state index contributed by atoms with van der Waals surface area (Å²) in [5.74, 6) is 2.29. The van der Waals surface area contributed by atoms with Crippen LogP contribution in [-0.4, -0.2) is 57.2 Å². The molecule has 1 atom stereocenters. The maximum atomic E-state index is 12.7. The number of benzene rings is 1. The Balaban J connectivity index is 1.45. The van der Waals surface area contributed by atoms with Crippen LogP contribution in [0.15, 0.2) is 30.3 Å². The zero-order valence-electron chi connectivity index (χ0n) is 14.8. The van der Waals surface area contributed by atoms with Crippen molar-refractivity contribution >= 4 is 5.91 Å². The van der Waals surface area contributed by atoms with Gasteiger partial charge in [-0.3, -0.25) is 9.69 Å². The molecule has 132 valence electrons. The Morgan fingerprint density at radius 3 is 2.72 bits per heavy atom. The minimum atomic E-state index is 0.199. The van der Waals surface area contributed by atoms with E-state index in [4.69, 9.17) is 0 Å². The zero-order chi connectivity index (χ0) is 17.2. The third-order valence-corrected chi connectivity index (χ3v) is 5.42. The van der Waals surface area contributed by atoms with Gasteiger partial charge >= 0.3 is 0 Å². The summed E-state index contributed by atoms with van der Waals surface area (Å²) < 4.78 is 2.25. The number of fused-ring (bicyclic) bond motifs is 1. The van der Waals surface area contributed by atoms with Gasteiger partial charge in [0.05, 0.1) is 12.5 Å². The molecule has 6 heteroatoms. The van der Waals surface area contributed by atoms with Crippen molar-refractivity contribution in [3.63, 3.8) is 0 Å². The van der Waals surface area contributed by atoms with Crippen molar-refractivity contribution in [2.24, 2.45) is 0 Å². The van der Waals surface area contributed by atoms with Crippen molar-refractivity contribution in [3.05, 3.63) is 47.5 Å². The highest BCUT2D eigenvalue weighted by atomic mass is 16.2. The first-order valence-corrected chi connectivity index (χ1v) is 9.16. The number of carbonyl (C=O) groups is 1. The van der Waals surface area contributed by atoms with Gasteiger partial charge in [0.1, 0.15) is 11.6 Å². The van der Waals surface area contributed by atoms with Crippen LogP contribution in [-0.2, 0) is 24.2 Å². The maximum absolute atomic E-state index is 12.7. The second-order valence-corrected chi connectivity index (χ2v) is 7.06. The molecule has 1 saturated heterocycles. The molecule has 2 aliphatic rings. The van der Waals surface area contributed by atoms with Gasteiger partial charge in [0.25, 0.3) is 0 Å². The zero-order valence-corrected chi connectivity index (χ0v) is 14.8. The molecule has 0 spiro atoms. The fourth-order valence-corrected chi connectivity index (χ4v) is 3.96. The molecular weight excluding hydrogens is 314 g/mol. The molecule has 3 heterocycles. The van der Waals surface area contributed by atoms with E-state index in [-0.39, 0.29) is 5.91 Å². The van der Waals surface area contributed by atoms with Crippen LogP contribution >= 0.6 is 0 Å². The quantitative estimate of drug-likeness (QED) is 0.854. The predicted octanol–water partition coefficient (Wildman–Crippen LogP) is 1.67. The van der Waals surface area contributed by atoms with Gasteiger partial charge < -0.3 is 9.47 Å². The van der Waals surface area contributed by atoms with Crippen molar-refractivity contribution in [3.8, 4) is 0 Å². The van der Waals surface area contributed by atoms with Crippen LogP contribution in [0.5, 0.6) is 0 Å². The lowest BCUT2D eigenvalue weighted by Gasteiger charge is -2.22. The highest BCUT2D eigenvalue weighted by molar-refractivity contribution is 5.78. The van der Waals surface area contributed by atoms with Gasteiger partial charge in [-0.25, -0.2) is 0 Å². The molecule has 2 aromatic rings. The van der Waals surface area contributed by atoms with Crippen molar-refractivity contribution in [1.29, 1.82) is 0 Å². The largest absolute Gasteiger partial charge is 0.340 e. The summed E-state index contributed by atoms with van der Waals surface area (Å²) in [7, 11) is 2.16. The molecular formula is C19H25N5O. The first kappa shape index (κ1) is 16.3. The molecule has 1 aromatic heterocycles. The van der Waals surface area contributed by atoms with Crippen LogP contribution in [0.4, 0.5) is 0 Å². The van der Waals surface area contributed by atoms with E-state index in [0.29, 0.717) is 12.5 Å². The monoisotopic (exact) mass is 339 g/mol. The third-order valence-electron chi connectivity index (χ3n) is 5.42. The number of hydrogen-bond acceptors (Lipinski definition) is 4. The van der Waals surface area contributed by atoms with E-state index in [9.17, 15) is 4.79 Å². The molecule has 1 amide bonds. The van der Waals surface area contributed by atoms with E-state index < -0.39 is 0 Å². The van der Waals surface area contributed by atoms with Crippen LogP contribution in [0.25, 0.3) is 0 Å². The van der Waals surface area contributed by atoms with Gasteiger partial charge in [-0.1, -0.05) is 30.3 Å². The Bertz CT molecular complexity index is 742. The molecule has 0 bridgehead atoms. The Hall–Kier alpha value is -2.21. The van der Waals surface area contributed by atoms with Crippen molar-refractivity contribution in [1.82, 2.24) is 24.6 Å². The standard InChI is InChI=1S/C19H25N5O/c1-22-10-5-8-16(22)19-21-20-17-9-11-23(12-13-24(17)19)18(25)14-15-6-3-2-4-7-15/h2-4,6-7,16H,5,8-14H2,1H3/t16-/m1/s1. The Labute approximate surface area is 148 Å². The normalized spacial score (nSPS) is 21.2. The Kier molecular flexibility index (Phi) is 4.53. The van der Waals surface area contributed by atoms with E-state index in [1.165, 1.54) is 6.42 Å².